The van der Waals surface area contributed by atoms with Gasteiger partial charge in [-0.15, -0.1) is 0 Å². The second kappa shape index (κ2) is 17.5. The molecule has 0 spiro atoms. The highest BCUT2D eigenvalue weighted by molar-refractivity contribution is 6.37. The summed E-state index contributed by atoms with van der Waals surface area (Å²) in [4.78, 5) is 43.8. The fourth-order valence-electron chi connectivity index (χ4n) is 6.52. The van der Waals surface area contributed by atoms with Gasteiger partial charge in [-0.2, -0.15) is 0 Å². The Balaban J connectivity index is 1.26. The fraction of sp³-hybridized carbons (Fsp3) is 0.475. The molecule has 0 aromatic heterocycles. The number of likely N-dealkylation sites (N-methyl/N-ethyl adjacent to an activating group) is 1. The van der Waals surface area contributed by atoms with E-state index in [-0.39, 0.29) is 37.6 Å². The fourth-order valence-corrected chi connectivity index (χ4v) is 7.40. The normalized spacial score (nSPS) is 17.2. The summed E-state index contributed by atoms with van der Waals surface area (Å²) in [5.74, 6) is 0.206. The van der Waals surface area contributed by atoms with E-state index in [2.05, 4.69) is 0 Å². The van der Waals surface area contributed by atoms with E-state index < -0.39 is 23.7 Å². The second-order valence-electron chi connectivity index (χ2n) is 14.8. The van der Waals surface area contributed by atoms with E-state index in [0.717, 1.165) is 35.1 Å². The molecule has 53 heavy (non-hydrogen) atoms. The van der Waals surface area contributed by atoms with Gasteiger partial charge in [0.2, 0.25) is 5.91 Å². The van der Waals surface area contributed by atoms with Gasteiger partial charge in [0.15, 0.2) is 5.75 Å². The van der Waals surface area contributed by atoms with Gasteiger partial charge in [-0.25, -0.2) is 9.59 Å². The molecule has 1 heterocycles. The molecular weight excluding hydrogens is 741 g/mol. The van der Waals surface area contributed by atoms with Crippen LogP contribution in [0, 0.1) is 12.8 Å². The van der Waals surface area contributed by atoms with Crippen LogP contribution in [-0.2, 0) is 22.5 Å². The van der Waals surface area contributed by atoms with Crippen molar-refractivity contribution in [1.29, 1.82) is 0 Å². The maximum atomic E-state index is 14.5. The van der Waals surface area contributed by atoms with Crippen molar-refractivity contribution >= 4 is 52.9 Å². The van der Waals surface area contributed by atoms with E-state index in [9.17, 15) is 19.5 Å². The van der Waals surface area contributed by atoms with Crippen LogP contribution in [0.25, 0.3) is 0 Å². The standard InChI is InChI=1S/C40H48Cl3N3O7/c1-25-20-34(42)36(35(43)21-25)52-19-18-51-30-11-7-27(8-12-30)31-15-17-45(38(48)49)24-32(31)37(47)46(29-9-10-29)23-28-22-26(6-13-33(28)41)14-16-44(5)39(50)53-40(2,3)4/h6-8,11-13,20-22,29,31-32H,9-10,14-19,23-24H2,1-5H3,(H,48,49)/t31-,32+/m1/s1. The second-order valence-corrected chi connectivity index (χ2v) is 16.1. The van der Waals surface area contributed by atoms with Gasteiger partial charge < -0.3 is 34.0 Å². The summed E-state index contributed by atoms with van der Waals surface area (Å²) in [6, 6.07) is 17.0. The summed E-state index contributed by atoms with van der Waals surface area (Å²) < 4.78 is 17.2. The predicted octanol–water partition coefficient (Wildman–Crippen LogP) is 9.10. The van der Waals surface area contributed by atoms with Crippen LogP contribution >= 0.6 is 34.8 Å². The van der Waals surface area contributed by atoms with Crippen molar-refractivity contribution in [2.24, 2.45) is 5.92 Å². The third kappa shape index (κ3) is 11.1. The summed E-state index contributed by atoms with van der Waals surface area (Å²) in [5.41, 5.74) is 3.09. The van der Waals surface area contributed by atoms with E-state index in [0.29, 0.717) is 59.0 Å². The number of amides is 3. The Morgan fingerprint density at radius 1 is 0.906 bits per heavy atom. The van der Waals surface area contributed by atoms with E-state index in [1.54, 1.807) is 24.1 Å². The molecule has 1 N–H and O–H groups in total. The van der Waals surface area contributed by atoms with Crippen LogP contribution < -0.4 is 9.47 Å². The summed E-state index contributed by atoms with van der Waals surface area (Å²) in [6.07, 6.45) is 1.41. The number of aryl methyl sites for hydroxylation is 1. The minimum Gasteiger partial charge on any atom is -0.490 e. The zero-order valence-corrected chi connectivity index (χ0v) is 33.1. The van der Waals surface area contributed by atoms with Gasteiger partial charge in [-0.05, 0) is 112 Å². The Kier molecular flexibility index (Phi) is 13.3. The number of hydrogen-bond acceptors (Lipinski definition) is 6. The van der Waals surface area contributed by atoms with Crippen LogP contribution in [0.3, 0.4) is 0 Å². The molecule has 13 heteroatoms. The molecule has 3 aromatic carbocycles. The van der Waals surface area contributed by atoms with Crippen molar-refractivity contribution in [2.45, 2.75) is 77.5 Å². The summed E-state index contributed by atoms with van der Waals surface area (Å²) >= 11 is 19.3. The molecule has 10 nitrogen and oxygen atoms in total. The largest absolute Gasteiger partial charge is 0.490 e. The number of carboxylic acid groups (broad SMARTS) is 1. The molecule has 5 rings (SSSR count). The number of likely N-dealkylation sites (tertiary alicyclic amines) is 1. The number of benzene rings is 3. The molecule has 2 fully saturated rings. The maximum Gasteiger partial charge on any atom is 0.410 e. The molecule has 1 saturated heterocycles. The molecule has 0 bridgehead atoms. The van der Waals surface area contributed by atoms with Crippen molar-refractivity contribution in [3.8, 4) is 11.5 Å². The first-order valence-electron chi connectivity index (χ1n) is 17.9. The first kappa shape index (κ1) is 40.3. The Hall–Kier alpha value is -3.86. The van der Waals surface area contributed by atoms with E-state index >= 15 is 0 Å². The van der Waals surface area contributed by atoms with Gasteiger partial charge in [0.05, 0.1) is 16.0 Å². The molecule has 1 aliphatic carbocycles. The SMILES string of the molecule is Cc1cc(Cl)c(OCCOc2ccc([C@H]3CCN(C(=O)O)C[C@@H]3C(=O)N(Cc3cc(CCN(C)C(=O)OC(C)(C)C)ccc3Cl)C3CC3)cc2)c(Cl)c1. The lowest BCUT2D eigenvalue weighted by Gasteiger charge is -2.39. The number of ether oxygens (including phenoxy) is 3. The lowest BCUT2D eigenvalue weighted by molar-refractivity contribution is -0.139. The maximum absolute atomic E-state index is 14.5. The van der Waals surface area contributed by atoms with Crippen molar-refractivity contribution in [3.05, 3.63) is 91.9 Å². The number of piperidine rings is 1. The van der Waals surface area contributed by atoms with E-state index in [1.807, 2.05) is 75.1 Å². The molecule has 1 saturated carbocycles. The molecule has 0 unspecified atom stereocenters. The van der Waals surface area contributed by atoms with E-state index in [1.165, 1.54) is 4.90 Å². The van der Waals surface area contributed by atoms with Crippen LogP contribution in [-0.4, -0.2) is 89.4 Å². The number of hydrogen-bond donors (Lipinski definition) is 1. The Morgan fingerprint density at radius 2 is 1.57 bits per heavy atom. The Bertz CT molecular complexity index is 1760. The first-order valence-corrected chi connectivity index (χ1v) is 19.0. The monoisotopic (exact) mass is 787 g/mol. The van der Waals surface area contributed by atoms with Gasteiger partial charge in [-0.3, -0.25) is 4.79 Å². The van der Waals surface area contributed by atoms with Gasteiger partial charge in [0, 0.05) is 44.3 Å². The highest BCUT2D eigenvalue weighted by Gasteiger charge is 2.43. The summed E-state index contributed by atoms with van der Waals surface area (Å²) in [5, 5.41) is 11.3. The molecule has 0 radical (unpaired) electrons. The average Bonchev–Trinajstić information content (AvgIpc) is 3.94. The summed E-state index contributed by atoms with van der Waals surface area (Å²) in [7, 11) is 1.70. The van der Waals surface area contributed by atoms with Gasteiger partial charge in [0.1, 0.15) is 24.6 Å². The third-order valence-electron chi connectivity index (χ3n) is 9.41. The van der Waals surface area contributed by atoms with Crippen LogP contribution in [0.15, 0.2) is 54.6 Å². The van der Waals surface area contributed by atoms with Crippen molar-refractivity contribution in [2.75, 3.05) is 39.9 Å². The predicted molar refractivity (Wildman–Crippen MR) is 207 cm³/mol. The molecule has 3 aromatic rings. The quantitative estimate of drug-likeness (QED) is 0.172. The molecular formula is C40H48Cl3N3O7. The van der Waals surface area contributed by atoms with Crippen LogP contribution in [0.4, 0.5) is 9.59 Å². The Labute approximate surface area is 326 Å². The highest BCUT2D eigenvalue weighted by Crippen LogP contribution is 2.39. The van der Waals surface area contributed by atoms with Crippen LogP contribution in [0.5, 0.6) is 11.5 Å². The van der Waals surface area contributed by atoms with Crippen molar-refractivity contribution in [3.63, 3.8) is 0 Å². The summed E-state index contributed by atoms with van der Waals surface area (Å²) in [6.45, 7) is 9.09. The highest BCUT2D eigenvalue weighted by atomic mass is 35.5. The molecule has 2 atom stereocenters. The van der Waals surface area contributed by atoms with Gasteiger partial charge in [-0.1, -0.05) is 59.1 Å². The minimum absolute atomic E-state index is 0.0593. The zero-order chi connectivity index (χ0) is 38.4. The van der Waals surface area contributed by atoms with Crippen LogP contribution in [0.2, 0.25) is 15.1 Å². The van der Waals surface area contributed by atoms with Gasteiger partial charge in [0.25, 0.3) is 0 Å². The van der Waals surface area contributed by atoms with E-state index in [4.69, 9.17) is 49.0 Å². The number of rotatable bonds is 13. The lowest BCUT2D eigenvalue weighted by atomic mass is 9.79. The minimum atomic E-state index is -1.04. The third-order valence-corrected chi connectivity index (χ3v) is 10.3. The smallest absolute Gasteiger partial charge is 0.410 e. The molecule has 2 aliphatic rings. The first-order chi connectivity index (χ1) is 25.1. The zero-order valence-electron chi connectivity index (χ0n) is 30.9. The van der Waals surface area contributed by atoms with Crippen LogP contribution in [0.1, 0.15) is 68.2 Å². The number of nitrogens with zero attached hydrogens (tertiary/aromatic N) is 3. The molecule has 3 amide bonds. The Morgan fingerprint density at radius 3 is 2.19 bits per heavy atom. The molecule has 286 valence electrons. The van der Waals surface area contributed by atoms with Gasteiger partial charge >= 0.3 is 12.2 Å². The van der Waals surface area contributed by atoms with Crippen molar-refractivity contribution < 1.29 is 33.7 Å². The number of carbonyl (C=O) groups excluding carboxylic acids is 2. The number of halogens is 3. The number of carbonyl (C=O) groups is 3. The van der Waals surface area contributed by atoms with Crippen molar-refractivity contribution in [1.82, 2.24) is 14.7 Å². The lowest BCUT2D eigenvalue weighted by Crippen LogP contribution is -2.49. The molecule has 1 aliphatic heterocycles. The average molecular weight is 789 g/mol. The topological polar surface area (TPSA) is 109 Å².